The number of hydrogen-bond acceptors (Lipinski definition) is 3. The van der Waals surface area contributed by atoms with Crippen molar-refractivity contribution in [1.29, 1.82) is 0 Å². The largest absolute Gasteiger partial charge is 0.324 e. The van der Waals surface area contributed by atoms with Gasteiger partial charge in [0, 0.05) is 17.5 Å². The van der Waals surface area contributed by atoms with Gasteiger partial charge in [-0.3, -0.25) is 0 Å². The molecule has 1 unspecified atom stereocenters. The molecule has 0 radical (unpaired) electrons. The lowest BCUT2D eigenvalue weighted by atomic mass is 10.0. The Morgan fingerprint density at radius 3 is 2.80 bits per heavy atom. The second kappa shape index (κ2) is 5.52. The van der Waals surface area contributed by atoms with E-state index < -0.39 is 0 Å². The summed E-state index contributed by atoms with van der Waals surface area (Å²) in [6, 6.07) is 14.1. The molecule has 102 valence electrons. The van der Waals surface area contributed by atoms with Crippen LogP contribution in [0.4, 0.5) is 0 Å². The minimum Gasteiger partial charge on any atom is -0.324 e. The fraction of sp³-hybridized carbons (Fsp3) is 0.188. The summed E-state index contributed by atoms with van der Waals surface area (Å²) in [6.07, 6.45) is 0.750. The number of nitrogens with zero attached hydrogens (tertiary/aromatic N) is 1. The lowest BCUT2D eigenvalue weighted by molar-refractivity contribution is 0.718. The summed E-state index contributed by atoms with van der Waals surface area (Å²) in [6.45, 7) is 2.00. The molecule has 1 heterocycles. The second-order valence-electron chi connectivity index (χ2n) is 4.89. The zero-order chi connectivity index (χ0) is 14.1. The molecule has 0 aliphatic rings. The highest BCUT2D eigenvalue weighted by molar-refractivity contribution is 7.18. The third kappa shape index (κ3) is 2.70. The van der Waals surface area contributed by atoms with Crippen LogP contribution in [0.5, 0.6) is 0 Å². The molecule has 0 aliphatic carbocycles. The van der Waals surface area contributed by atoms with Crippen LogP contribution >= 0.6 is 22.9 Å². The van der Waals surface area contributed by atoms with Crippen molar-refractivity contribution in [2.24, 2.45) is 5.73 Å². The lowest BCUT2D eigenvalue weighted by Gasteiger charge is -2.11. The summed E-state index contributed by atoms with van der Waals surface area (Å²) in [5.41, 5.74) is 9.50. The molecule has 0 amide bonds. The van der Waals surface area contributed by atoms with Crippen molar-refractivity contribution in [2.75, 3.05) is 0 Å². The first-order valence-electron chi connectivity index (χ1n) is 6.49. The Kier molecular flexibility index (Phi) is 3.74. The van der Waals surface area contributed by atoms with Gasteiger partial charge in [-0.2, -0.15) is 0 Å². The predicted molar refractivity (Wildman–Crippen MR) is 86.4 cm³/mol. The van der Waals surface area contributed by atoms with E-state index in [1.165, 1.54) is 4.70 Å². The summed E-state index contributed by atoms with van der Waals surface area (Å²) in [5.74, 6) is 0. The van der Waals surface area contributed by atoms with Gasteiger partial charge in [0.15, 0.2) is 0 Å². The zero-order valence-corrected chi connectivity index (χ0v) is 12.7. The van der Waals surface area contributed by atoms with E-state index in [4.69, 9.17) is 17.3 Å². The highest BCUT2D eigenvalue weighted by atomic mass is 35.5. The third-order valence-corrected chi connectivity index (χ3v) is 4.83. The Morgan fingerprint density at radius 2 is 2.05 bits per heavy atom. The molecule has 2 nitrogen and oxygen atoms in total. The van der Waals surface area contributed by atoms with Crippen molar-refractivity contribution >= 4 is 33.2 Å². The number of benzene rings is 2. The molecule has 4 heteroatoms. The maximum Gasteiger partial charge on any atom is 0.0957 e. The monoisotopic (exact) mass is 302 g/mol. The molecular formula is C16H15ClN2S. The minimum atomic E-state index is -0.0495. The first-order chi connectivity index (χ1) is 9.63. The van der Waals surface area contributed by atoms with E-state index in [0.717, 1.165) is 33.1 Å². The number of fused-ring (bicyclic) bond motifs is 1. The number of hydrogen-bond donors (Lipinski definition) is 1. The summed E-state index contributed by atoms with van der Waals surface area (Å²) in [7, 11) is 0. The summed E-state index contributed by atoms with van der Waals surface area (Å²) in [4.78, 5) is 4.63. The molecule has 0 spiro atoms. The van der Waals surface area contributed by atoms with Crippen LogP contribution in [0.25, 0.3) is 10.2 Å². The zero-order valence-electron chi connectivity index (χ0n) is 11.1. The first-order valence-corrected chi connectivity index (χ1v) is 7.69. The Labute approximate surface area is 127 Å². The number of aryl methyl sites for hydroxylation is 1. The predicted octanol–water partition coefficient (Wildman–Crippen LogP) is 4.50. The van der Waals surface area contributed by atoms with E-state index in [9.17, 15) is 0 Å². The van der Waals surface area contributed by atoms with Crippen molar-refractivity contribution in [3.63, 3.8) is 0 Å². The standard InChI is InChI=1S/C16H15ClN2S/c1-10-8-11(6-7-12(10)17)13(18)9-16-19-14-4-2-3-5-15(14)20-16/h2-8,13H,9,18H2,1H3. The van der Waals surface area contributed by atoms with Gasteiger partial charge in [-0.05, 0) is 36.2 Å². The van der Waals surface area contributed by atoms with Crippen LogP contribution in [0.3, 0.4) is 0 Å². The van der Waals surface area contributed by atoms with Crippen molar-refractivity contribution in [3.05, 3.63) is 63.6 Å². The van der Waals surface area contributed by atoms with E-state index in [-0.39, 0.29) is 6.04 Å². The second-order valence-corrected chi connectivity index (χ2v) is 6.42. The van der Waals surface area contributed by atoms with Crippen molar-refractivity contribution in [2.45, 2.75) is 19.4 Å². The molecule has 0 aliphatic heterocycles. The van der Waals surface area contributed by atoms with Gasteiger partial charge in [0.05, 0.1) is 15.2 Å². The van der Waals surface area contributed by atoms with Crippen molar-refractivity contribution in [1.82, 2.24) is 4.98 Å². The van der Waals surface area contributed by atoms with Crippen LogP contribution < -0.4 is 5.73 Å². The SMILES string of the molecule is Cc1cc(C(N)Cc2nc3ccccc3s2)ccc1Cl. The van der Waals surface area contributed by atoms with Crippen molar-refractivity contribution in [3.8, 4) is 0 Å². The Bertz CT molecular complexity index is 718. The summed E-state index contributed by atoms with van der Waals surface area (Å²) in [5, 5.41) is 1.85. The number of rotatable bonds is 3. The average Bonchev–Trinajstić information content (AvgIpc) is 2.83. The van der Waals surface area contributed by atoms with E-state index in [2.05, 4.69) is 17.1 Å². The third-order valence-electron chi connectivity index (χ3n) is 3.34. The van der Waals surface area contributed by atoms with Crippen molar-refractivity contribution < 1.29 is 0 Å². The van der Waals surface area contributed by atoms with Crippen LogP contribution in [0.2, 0.25) is 5.02 Å². The fourth-order valence-electron chi connectivity index (χ4n) is 2.21. The minimum absolute atomic E-state index is 0.0495. The van der Waals surface area contributed by atoms with Gasteiger partial charge >= 0.3 is 0 Å². The van der Waals surface area contributed by atoms with Gasteiger partial charge in [-0.15, -0.1) is 11.3 Å². The number of aromatic nitrogens is 1. The van der Waals surface area contributed by atoms with Gasteiger partial charge in [0.1, 0.15) is 0 Å². The maximum absolute atomic E-state index is 6.29. The van der Waals surface area contributed by atoms with Gasteiger partial charge < -0.3 is 5.73 Å². The lowest BCUT2D eigenvalue weighted by Crippen LogP contribution is -2.13. The van der Waals surface area contributed by atoms with Gasteiger partial charge in [0.2, 0.25) is 0 Å². The number of thiazole rings is 1. The normalized spacial score (nSPS) is 12.8. The topological polar surface area (TPSA) is 38.9 Å². The molecule has 1 atom stereocenters. The van der Waals surface area contributed by atoms with Crippen LogP contribution in [0.15, 0.2) is 42.5 Å². The molecule has 2 aromatic carbocycles. The Morgan fingerprint density at radius 1 is 1.25 bits per heavy atom. The van der Waals surface area contributed by atoms with E-state index in [1.807, 2.05) is 37.3 Å². The van der Waals surface area contributed by atoms with Gasteiger partial charge in [-0.25, -0.2) is 4.98 Å². The van der Waals surface area contributed by atoms with Gasteiger partial charge in [0.25, 0.3) is 0 Å². The van der Waals surface area contributed by atoms with Crippen LogP contribution in [-0.2, 0) is 6.42 Å². The molecular weight excluding hydrogens is 288 g/mol. The van der Waals surface area contributed by atoms with Crippen LogP contribution in [0, 0.1) is 6.92 Å². The van der Waals surface area contributed by atoms with Crippen LogP contribution in [-0.4, -0.2) is 4.98 Å². The summed E-state index contributed by atoms with van der Waals surface area (Å²) < 4.78 is 1.21. The van der Waals surface area contributed by atoms with E-state index >= 15 is 0 Å². The molecule has 0 fully saturated rings. The molecule has 0 saturated carbocycles. The molecule has 3 rings (SSSR count). The molecule has 0 bridgehead atoms. The highest BCUT2D eigenvalue weighted by Crippen LogP contribution is 2.26. The van der Waals surface area contributed by atoms with E-state index in [1.54, 1.807) is 11.3 Å². The number of halogens is 1. The summed E-state index contributed by atoms with van der Waals surface area (Å²) >= 11 is 7.76. The van der Waals surface area contributed by atoms with E-state index in [0.29, 0.717) is 0 Å². The first kappa shape index (κ1) is 13.6. The smallest absolute Gasteiger partial charge is 0.0957 e. The molecule has 1 aromatic heterocycles. The number of para-hydroxylation sites is 1. The maximum atomic E-state index is 6.29. The molecule has 3 aromatic rings. The molecule has 2 N–H and O–H groups in total. The molecule has 20 heavy (non-hydrogen) atoms. The fourth-order valence-corrected chi connectivity index (χ4v) is 3.35. The Hall–Kier alpha value is -1.42. The van der Waals surface area contributed by atoms with Crippen LogP contribution in [0.1, 0.15) is 22.2 Å². The van der Waals surface area contributed by atoms with Gasteiger partial charge in [-0.1, -0.05) is 35.9 Å². The number of nitrogens with two attached hydrogens (primary N) is 1. The Balaban J connectivity index is 1.84. The molecule has 0 saturated heterocycles. The average molecular weight is 303 g/mol. The quantitative estimate of drug-likeness (QED) is 0.773. The highest BCUT2D eigenvalue weighted by Gasteiger charge is 2.11.